The van der Waals surface area contributed by atoms with Gasteiger partial charge in [-0.05, 0) is 39.6 Å². The molecule has 3 nitrogen and oxygen atoms in total. The number of nitrogens with one attached hydrogen (secondary N) is 1. The van der Waals surface area contributed by atoms with Gasteiger partial charge < -0.3 is 10.2 Å². The van der Waals surface area contributed by atoms with Crippen molar-refractivity contribution >= 4 is 11.6 Å². The number of nitrogens with zero attached hydrogens (tertiary/aromatic N) is 1. The van der Waals surface area contributed by atoms with Gasteiger partial charge in [-0.3, -0.25) is 4.79 Å². The van der Waals surface area contributed by atoms with Gasteiger partial charge in [0.25, 0.3) is 0 Å². The van der Waals surface area contributed by atoms with Gasteiger partial charge in [-0.2, -0.15) is 0 Å². The Bertz CT molecular complexity index is 362. The Morgan fingerprint density at radius 1 is 1.28 bits per heavy atom. The van der Waals surface area contributed by atoms with E-state index in [4.69, 9.17) is 0 Å². The largest absolute Gasteiger partial charge is 0.326 e. The number of carbonyl (C=O) groups is 1. The lowest BCUT2D eigenvalue weighted by molar-refractivity contribution is -0.121. The smallest absolute Gasteiger partial charge is 0.229 e. The summed E-state index contributed by atoms with van der Waals surface area (Å²) in [5.41, 5.74) is 0.870. The first-order valence-electron chi connectivity index (χ1n) is 6.58. The molecule has 1 rings (SSSR count). The molecule has 1 N–H and O–H groups in total. The molecule has 2 atom stereocenters. The van der Waals surface area contributed by atoms with E-state index in [2.05, 4.69) is 24.1 Å². The van der Waals surface area contributed by atoms with Crippen LogP contribution in [0.3, 0.4) is 0 Å². The number of rotatable bonds is 6. The first-order valence-corrected chi connectivity index (χ1v) is 6.58. The fraction of sp³-hybridized carbons (Fsp3) is 0.533. The average molecular weight is 248 g/mol. The van der Waals surface area contributed by atoms with E-state index < -0.39 is 0 Å². The minimum atomic E-state index is 0.0326. The van der Waals surface area contributed by atoms with Crippen LogP contribution >= 0.6 is 0 Å². The Kier molecular flexibility index (Phi) is 5.86. The molecule has 3 heteroatoms. The van der Waals surface area contributed by atoms with E-state index in [1.165, 1.54) is 0 Å². The predicted molar refractivity (Wildman–Crippen MR) is 76.6 cm³/mol. The third-order valence-electron chi connectivity index (χ3n) is 3.37. The summed E-state index contributed by atoms with van der Waals surface area (Å²) < 4.78 is 0. The summed E-state index contributed by atoms with van der Waals surface area (Å²) in [6, 6.07) is 9.89. The Morgan fingerprint density at radius 2 is 1.89 bits per heavy atom. The molecule has 1 amide bonds. The van der Waals surface area contributed by atoms with Gasteiger partial charge in [-0.1, -0.05) is 31.5 Å². The van der Waals surface area contributed by atoms with E-state index in [1.807, 2.05) is 44.4 Å². The second kappa shape index (κ2) is 7.17. The zero-order valence-corrected chi connectivity index (χ0v) is 11.8. The van der Waals surface area contributed by atoms with Gasteiger partial charge in [0, 0.05) is 11.7 Å². The zero-order chi connectivity index (χ0) is 13.5. The molecule has 0 aliphatic carbocycles. The molecule has 0 saturated carbocycles. The van der Waals surface area contributed by atoms with Crippen molar-refractivity contribution in [2.75, 3.05) is 19.4 Å². The average Bonchev–Trinajstić information content (AvgIpc) is 2.36. The summed E-state index contributed by atoms with van der Waals surface area (Å²) in [5, 5.41) is 3.00. The first kappa shape index (κ1) is 14.7. The fourth-order valence-electron chi connectivity index (χ4n) is 2.02. The van der Waals surface area contributed by atoms with Crippen LogP contribution in [-0.4, -0.2) is 30.9 Å². The highest BCUT2D eigenvalue weighted by atomic mass is 16.1. The number of hydrogen-bond donors (Lipinski definition) is 1. The summed E-state index contributed by atoms with van der Waals surface area (Å²) >= 11 is 0. The van der Waals surface area contributed by atoms with Crippen LogP contribution in [0.1, 0.15) is 26.7 Å². The number of hydrogen-bond acceptors (Lipinski definition) is 2. The maximum atomic E-state index is 12.3. The molecule has 0 radical (unpaired) electrons. The molecular weight excluding hydrogens is 224 g/mol. The fourth-order valence-corrected chi connectivity index (χ4v) is 2.02. The minimum absolute atomic E-state index is 0.0326. The van der Waals surface area contributed by atoms with Crippen LogP contribution in [0.25, 0.3) is 0 Å². The van der Waals surface area contributed by atoms with Crippen LogP contribution in [-0.2, 0) is 4.79 Å². The summed E-state index contributed by atoms with van der Waals surface area (Å²) in [7, 11) is 4.03. The van der Waals surface area contributed by atoms with Crippen molar-refractivity contribution in [3.63, 3.8) is 0 Å². The molecule has 0 spiro atoms. The van der Waals surface area contributed by atoms with Crippen molar-refractivity contribution in [2.24, 2.45) is 5.92 Å². The van der Waals surface area contributed by atoms with E-state index in [-0.39, 0.29) is 17.9 Å². The summed E-state index contributed by atoms with van der Waals surface area (Å²) in [6.07, 6.45) is 1.93. The van der Waals surface area contributed by atoms with Gasteiger partial charge in [0.15, 0.2) is 0 Å². The number of carbonyl (C=O) groups excluding carboxylic acids is 1. The van der Waals surface area contributed by atoms with E-state index in [1.54, 1.807) is 0 Å². The van der Waals surface area contributed by atoms with Gasteiger partial charge in [0.2, 0.25) is 5.91 Å². The monoisotopic (exact) mass is 248 g/mol. The highest BCUT2D eigenvalue weighted by Gasteiger charge is 2.25. The number of amides is 1. The molecule has 0 aliphatic heterocycles. The summed E-state index contributed by atoms with van der Waals surface area (Å²) in [5.74, 6) is 0.148. The molecular formula is C15H24N2O. The lowest BCUT2D eigenvalue weighted by Gasteiger charge is -2.28. The van der Waals surface area contributed by atoms with Gasteiger partial charge in [0.05, 0.1) is 5.92 Å². The predicted octanol–water partition coefficient (Wildman–Crippen LogP) is 2.99. The van der Waals surface area contributed by atoms with Crippen LogP contribution < -0.4 is 5.32 Å². The molecule has 0 fully saturated rings. The lowest BCUT2D eigenvalue weighted by atomic mass is 9.94. The van der Waals surface area contributed by atoms with Crippen LogP contribution in [0.2, 0.25) is 0 Å². The zero-order valence-electron chi connectivity index (χ0n) is 11.8. The summed E-state index contributed by atoms with van der Waals surface area (Å²) in [4.78, 5) is 14.4. The summed E-state index contributed by atoms with van der Waals surface area (Å²) in [6.45, 7) is 4.22. The van der Waals surface area contributed by atoms with Crippen LogP contribution in [0, 0.1) is 5.92 Å². The van der Waals surface area contributed by atoms with Gasteiger partial charge in [-0.25, -0.2) is 0 Å². The minimum Gasteiger partial charge on any atom is -0.326 e. The Morgan fingerprint density at radius 3 is 2.39 bits per heavy atom. The highest BCUT2D eigenvalue weighted by molar-refractivity contribution is 5.92. The molecule has 100 valence electrons. The molecule has 0 bridgehead atoms. The second-order valence-corrected chi connectivity index (χ2v) is 4.95. The molecule has 1 aromatic carbocycles. The Labute approximate surface area is 110 Å². The SMILES string of the molecule is CCCC(C(=O)Nc1ccccc1)[C@H](C)N(C)C. The van der Waals surface area contributed by atoms with Gasteiger partial charge >= 0.3 is 0 Å². The van der Waals surface area contributed by atoms with Crippen LogP contribution in [0.15, 0.2) is 30.3 Å². The maximum absolute atomic E-state index is 12.3. The Hall–Kier alpha value is -1.35. The number of anilines is 1. The number of benzene rings is 1. The van der Waals surface area contributed by atoms with E-state index >= 15 is 0 Å². The van der Waals surface area contributed by atoms with E-state index in [0.717, 1.165) is 18.5 Å². The van der Waals surface area contributed by atoms with Crippen LogP contribution in [0.5, 0.6) is 0 Å². The third kappa shape index (κ3) is 4.15. The molecule has 0 heterocycles. The second-order valence-electron chi connectivity index (χ2n) is 4.95. The van der Waals surface area contributed by atoms with Crippen LogP contribution in [0.4, 0.5) is 5.69 Å². The molecule has 1 unspecified atom stereocenters. The standard InChI is InChI=1S/C15H24N2O/c1-5-9-14(12(2)17(3)4)15(18)16-13-10-7-6-8-11-13/h6-8,10-12,14H,5,9H2,1-4H3,(H,16,18)/t12-,14?/m0/s1. The van der Waals surface area contributed by atoms with Crippen molar-refractivity contribution < 1.29 is 4.79 Å². The quantitative estimate of drug-likeness (QED) is 0.839. The van der Waals surface area contributed by atoms with Crippen molar-refractivity contribution in [1.29, 1.82) is 0 Å². The van der Waals surface area contributed by atoms with Crippen molar-refractivity contribution in [3.8, 4) is 0 Å². The molecule has 18 heavy (non-hydrogen) atoms. The molecule has 0 aliphatic rings. The topological polar surface area (TPSA) is 32.3 Å². The van der Waals surface area contributed by atoms with Crippen molar-refractivity contribution in [2.45, 2.75) is 32.7 Å². The van der Waals surface area contributed by atoms with E-state index in [0.29, 0.717) is 0 Å². The van der Waals surface area contributed by atoms with Gasteiger partial charge in [0.1, 0.15) is 0 Å². The third-order valence-corrected chi connectivity index (χ3v) is 3.37. The highest BCUT2D eigenvalue weighted by Crippen LogP contribution is 2.18. The lowest BCUT2D eigenvalue weighted by Crippen LogP contribution is -2.39. The van der Waals surface area contributed by atoms with Crippen molar-refractivity contribution in [1.82, 2.24) is 4.90 Å². The number of para-hydroxylation sites is 1. The van der Waals surface area contributed by atoms with Crippen molar-refractivity contribution in [3.05, 3.63) is 30.3 Å². The molecule has 0 saturated heterocycles. The molecule has 0 aromatic heterocycles. The maximum Gasteiger partial charge on any atom is 0.229 e. The van der Waals surface area contributed by atoms with E-state index in [9.17, 15) is 4.79 Å². The first-order chi connectivity index (χ1) is 8.56. The molecule has 1 aromatic rings. The Balaban J connectivity index is 2.71. The normalized spacial score (nSPS) is 14.3. The van der Waals surface area contributed by atoms with Gasteiger partial charge in [-0.15, -0.1) is 0 Å².